The molecule has 3 rings (SSSR count). The van der Waals surface area contributed by atoms with Crippen molar-refractivity contribution in [2.75, 3.05) is 19.8 Å². The predicted octanol–water partition coefficient (Wildman–Crippen LogP) is 2.61. The summed E-state index contributed by atoms with van der Waals surface area (Å²) in [4.78, 5) is 23.2. The third-order valence-electron chi connectivity index (χ3n) is 5.09. The molecule has 1 amide bonds. The Morgan fingerprint density at radius 3 is 2.91 bits per heavy atom. The van der Waals surface area contributed by atoms with E-state index in [1.54, 1.807) is 18.6 Å². The number of rotatable bonds is 5. The zero-order valence-corrected chi connectivity index (χ0v) is 13.8. The normalized spacial score (nSPS) is 23.0. The molecular formula is C18H27N3O2. The molecule has 2 heterocycles. The van der Waals surface area contributed by atoms with Crippen molar-refractivity contribution in [3.05, 3.63) is 24.3 Å². The minimum absolute atomic E-state index is 0.182. The second-order valence-corrected chi connectivity index (χ2v) is 6.76. The van der Waals surface area contributed by atoms with Gasteiger partial charge in [-0.3, -0.25) is 14.8 Å². The number of hydrogen-bond acceptors (Lipinski definition) is 4. The summed E-state index contributed by atoms with van der Waals surface area (Å²) in [6.07, 6.45) is 14.0. The fraction of sp³-hybridized carbons (Fsp3) is 0.722. The summed E-state index contributed by atoms with van der Waals surface area (Å²) in [5, 5.41) is 0. The molecule has 1 saturated carbocycles. The summed E-state index contributed by atoms with van der Waals surface area (Å²) >= 11 is 0. The molecule has 1 aliphatic carbocycles. The molecule has 0 N–H and O–H groups in total. The van der Waals surface area contributed by atoms with Gasteiger partial charge in [0.2, 0.25) is 5.91 Å². The van der Waals surface area contributed by atoms with Gasteiger partial charge in [0.05, 0.1) is 24.9 Å². The lowest BCUT2D eigenvalue weighted by atomic mass is 9.86. The van der Waals surface area contributed by atoms with Gasteiger partial charge >= 0.3 is 0 Å². The summed E-state index contributed by atoms with van der Waals surface area (Å²) < 4.78 is 5.61. The average Bonchev–Trinajstić information content (AvgIpc) is 2.62. The quantitative estimate of drug-likeness (QED) is 0.837. The van der Waals surface area contributed by atoms with Crippen LogP contribution in [0.1, 0.15) is 50.6 Å². The van der Waals surface area contributed by atoms with Crippen LogP contribution < -0.4 is 0 Å². The Kier molecular flexibility index (Phi) is 5.97. The second-order valence-electron chi connectivity index (χ2n) is 6.76. The van der Waals surface area contributed by atoms with Gasteiger partial charge < -0.3 is 9.64 Å². The van der Waals surface area contributed by atoms with Crippen LogP contribution in [0.15, 0.2) is 18.6 Å². The van der Waals surface area contributed by atoms with Crippen LogP contribution in [-0.2, 0) is 16.0 Å². The summed E-state index contributed by atoms with van der Waals surface area (Å²) in [7, 11) is 0. The minimum Gasteiger partial charge on any atom is -0.377 e. The van der Waals surface area contributed by atoms with E-state index in [0.29, 0.717) is 25.0 Å². The van der Waals surface area contributed by atoms with E-state index in [-0.39, 0.29) is 6.04 Å². The lowest BCUT2D eigenvalue weighted by Gasteiger charge is -2.37. The molecule has 0 aromatic carbocycles. The van der Waals surface area contributed by atoms with Gasteiger partial charge in [-0.15, -0.1) is 0 Å². The maximum absolute atomic E-state index is 12.7. The first-order valence-electron chi connectivity index (χ1n) is 8.95. The zero-order chi connectivity index (χ0) is 15.9. The van der Waals surface area contributed by atoms with E-state index in [4.69, 9.17) is 4.74 Å². The molecule has 0 unspecified atom stereocenters. The number of carbonyl (C=O) groups is 1. The van der Waals surface area contributed by atoms with E-state index in [0.717, 1.165) is 31.5 Å². The van der Waals surface area contributed by atoms with Gasteiger partial charge in [-0.25, -0.2) is 0 Å². The fourth-order valence-corrected chi connectivity index (χ4v) is 3.75. The van der Waals surface area contributed by atoms with Crippen LogP contribution in [0.3, 0.4) is 0 Å². The average molecular weight is 317 g/mol. The van der Waals surface area contributed by atoms with Crippen LogP contribution in [0.25, 0.3) is 0 Å². The first-order chi connectivity index (χ1) is 11.3. The summed E-state index contributed by atoms with van der Waals surface area (Å²) in [5.41, 5.74) is 0.984. The molecule has 5 nitrogen and oxygen atoms in total. The van der Waals surface area contributed by atoms with Gasteiger partial charge in [-0.05, 0) is 31.6 Å². The van der Waals surface area contributed by atoms with Gasteiger partial charge in [0, 0.05) is 31.6 Å². The highest BCUT2D eigenvalue weighted by atomic mass is 16.5. The van der Waals surface area contributed by atoms with Crippen LogP contribution >= 0.6 is 0 Å². The van der Waals surface area contributed by atoms with E-state index in [1.165, 1.54) is 32.1 Å². The third kappa shape index (κ3) is 4.74. The Labute approximate surface area is 138 Å². The SMILES string of the molecule is O=C(CC1CCCCC1)N1CCOC[C@@H]1CCc1cnccn1. The van der Waals surface area contributed by atoms with Crippen molar-refractivity contribution < 1.29 is 9.53 Å². The van der Waals surface area contributed by atoms with Gasteiger partial charge in [-0.2, -0.15) is 0 Å². The highest BCUT2D eigenvalue weighted by Crippen LogP contribution is 2.27. The molecule has 1 aromatic heterocycles. The van der Waals surface area contributed by atoms with Crippen LogP contribution in [-0.4, -0.2) is 46.6 Å². The molecule has 1 atom stereocenters. The van der Waals surface area contributed by atoms with Crippen LogP contribution in [0.2, 0.25) is 0 Å². The molecule has 0 bridgehead atoms. The molecule has 1 aliphatic heterocycles. The number of carbonyl (C=O) groups excluding carboxylic acids is 1. The molecule has 0 radical (unpaired) electrons. The van der Waals surface area contributed by atoms with Gasteiger partial charge in [0.25, 0.3) is 0 Å². The standard InChI is InChI=1S/C18H27N3O2/c22-18(12-15-4-2-1-3-5-15)21-10-11-23-14-17(21)7-6-16-13-19-8-9-20-16/h8-9,13,15,17H,1-7,10-12,14H2/t17-/m0/s1. The van der Waals surface area contributed by atoms with E-state index >= 15 is 0 Å². The molecule has 2 aliphatic rings. The third-order valence-corrected chi connectivity index (χ3v) is 5.09. The molecule has 0 spiro atoms. The molecule has 126 valence electrons. The summed E-state index contributed by atoms with van der Waals surface area (Å²) in [6, 6.07) is 0.182. The second kappa shape index (κ2) is 8.39. The van der Waals surface area contributed by atoms with Crippen LogP contribution in [0.4, 0.5) is 0 Å². The van der Waals surface area contributed by atoms with Crippen molar-refractivity contribution in [2.24, 2.45) is 5.92 Å². The topological polar surface area (TPSA) is 55.3 Å². The summed E-state index contributed by atoms with van der Waals surface area (Å²) in [5.74, 6) is 0.920. The number of morpholine rings is 1. The lowest BCUT2D eigenvalue weighted by Crippen LogP contribution is -2.49. The molecule has 5 heteroatoms. The maximum Gasteiger partial charge on any atom is 0.223 e. The Hall–Kier alpha value is -1.49. The van der Waals surface area contributed by atoms with Crippen molar-refractivity contribution in [3.63, 3.8) is 0 Å². The molecular weight excluding hydrogens is 290 g/mol. The molecule has 1 saturated heterocycles. The Bertz CT molecular complexity index is 488. The van der Waals surface area contributed by atoms with Crippen molar-refractivity contribution in [3.8, 4) is 0 Å². The minimum atomic E-state index is 0.182. The Balaban J connectivity index is 1.53. The number of aromatic nitrogens is 2. The van der Waals surface area contributed by atoms with Gasteiger partial charge in [0.1, 0.15) is 0 Å². The monoisotopic (exact) mass is 317 g/mol. The highest BCUT2D eigenvalue weighted by Gasteiger charge is 2.29. The van der Waals surface area contributed by atoms with Gasteiger partial charge in [-0.1, -0.05) is 19.3 Å². The maximum atomic E-state index is 12.7. The molecule has 2 fully saturated rings. The van der Waals surface area contributed by atoms with E-state index in [9.17, 15) is 4.79 Å². The van der Waals surface area contributed by atoms with Gasteiger partial charge in [0.15, 0.2) is 0 Å². The van der Waals surface area contributed by atoms with Crippen molar-refractivity contribution >= 4 is 5.91 Å². The van der Waals surface area contributed by atoms with Crippen LogP contribution in [0.5, 0.6) is 0 Å². The fourth-order valence-electron chi connectivity index (χ4n) is 3.75. The van der Waals surface area contributed by atoms with Crippen LogP contribution in [0, 0.1) is 5.92 Å². The summed E-state index contributed by atoms with van der Waals surface area (Å²) in [6.45, 7) is 2.05. The predicted molar refractivity (Wildman–Crippen MR) is 87.9 cm³/mol. The Morgan fingerprint density at radius 2 is 2.13 bits per heavy atom. The lowest BCUT2D eigenvalue weighted by molar-refractivity contribution is -0.141. The van der Waals surface area contributed by atoms with E-state index in [1.807, 2.05) is 0 Å². The molecule has 23 heavy (non-hydrogen) atoms. The first-order valence-corrected chi connectivity index (χ1v) is 8.95. The largest absolute Gasteiger partial charge is 0.377 e. The zero-order valence-electron chi connectivity index (χ0n) is 13.8. The highest BCUT2D eigenvalue weighted by molar-refractivity contribution is 5.77. The van der Waals surface area contributed by atoms with Crippen molar-refractivity contribution in [1.82, 2.24) is 14.9 Å². The number of ether oxygens (including phenoxy) is 1. The molecule has 1 aromatic rings. The number of amides is 1. The Morgan fingerprint density at radius 1 is 1.26 bits per heavy atom. The smallest absolute Gasteiger partial charge is 0.223 e. The first kappa shape index (κ1) is 16.4. The van der Waals surface area contributed by atoms with E-state index < -0.39 is 0 Å². The number of aryl methyl sites for hydroxylation is 1. The number of nitrogens with zero attached hydrogens (tertiary/aromatic N) is 3. The van der Waals surface area contributed by atoms with Crippen molar-refractivity contribution in [2.45, 2.75) is 57.4 Å². The van der Waals surface area contributed by atoms with Crippen molar-refractivity contribution in [1.29, 1.82) is 0 Å². The van der Waals surface area contributed by atoms with E-state index in [2.05, 4.69) is 14.9 Å². The number of hydrogen-bond donors (Lipinski definition) is 0.